The standard InChI is InChI=1S/C49H60ClFN2O10/c1-6-24-60-49-44(53(47(57)59-25-21-50)30-32-13-15-35(51)16-14-32)29-41(52-63-48(2,3)4)39-27-33(11-7-9-22-54)38(12-8-10-23-55)45(46(39)49)40-28-37(18-20-43(40)62-49)61-36-17-19-42(58-5)34(26-36)31-56/h6,13-20,26-28,31,33,38,44-46,54-55H,1,7-12,21-25,29-30H2,2-5H3. The molecular weight excluding hydrogens is 831 g/mol. The molecule has 1 fully saturated rings. The number of carbonyl (C=O) groups excluding carboxylic acids is 2. The zero-order chi connectivity index (χ0) is 45.1. The van der Waals surface area contributed by atoms with Crippen LogP contribution in [0, 0.1) is 23.6 Å². The highest BCUT2D eigenvalue weighted by molar-refractivity contribution is 6.18. The molecule has 340 valence electrons. The van der Waals surface area contributed by atoms with Gasteiger partial charge in [0.2, 0.25) is 5.79 Å². The first-order valence-corrected chi connectivity index (χ1v) is 22.2. The number of ether oxygens (including phenoxy) is 5. The number of aliphatic hydroxyl groups excluding tert-OH is 2. The average molecular weight is 891 g/mol. The maximum absolute atomic E-state index is 14.5. The molecule has 0 spiro atoms. The minimum Gasteiger partial charge on any atom is -0.496 e. The normalized spacial score (nSPS) is 23.1. The number of alkyl halides is 1. The summed E-state index contributed by atoms with van der Waals surface area (Å²) < 4.78 is 46.2. The highest BCUT2D eigenvalue weighted by Gasteiger charge is 2.65. The van der Waals surface area contributed by atoms with Crippen molar-refractivity contribution in [3.63, 3.8) is 0 Å². The summed E-state index contributed by atoms with van der Waals surface area (Å²) in [6.07, 6.45) is 8.30. The van der Waals surface area contributed by atoms with Crippen molar-refractivity contribution < 1.29 is 52.7 Å². The van der Waals surface area contributed by atoms with Crippen molar-refractivity contribution in [2.24, 2.45) is 22.9 Å². The summed E-state index contributed by atoms with van der Waals surface area (Å²) in [6.45, 7) is 9.84. The number of methoxy groups -OCH3 is 1. The molecule has 0 aromatic heterocycles. The van der Waals surface area contributed by atoms with E-state index in [4.69, 9.17) is 45.3 Å². The van der Waals surface area contributed by atoms with Crippen LogP contribution in [-0.2, 0) is 20.9 Å². The van der Waals surface area contributed by atoms with E-state index in [1.165, 1.54) is 19.2 Å². The zero-order valence-electron chi connectivity index (χ0n) is 36.6. The van der Waals surface area contributed by atoms with Gasteiger partial charge < -0.3 is 38.7 Å². The zero-order valence-corrected chi connectivity index (χ0v) is 37.4. The smallest absolute Gasteiger partial charge is 0.410 e. The molecule has 63 heavy (non-hydrogen) atoms. The number of carbonyl (C=O) groups is 2. The quantitative estimate of drug-likeness (QED) is 0.0349. The van der Waals surface area contributed by atoms with E-state index in [2.05, 4.69) is 12.7 Å². The molecule has 14 heteroatoms. The molecule has 3 aliphatic rings. The lowest BCUT2D eigenvalue weighted by Gasteiger charge is -2.60. The Kier molecular flexibility index (Phi) is 16.3. The van der Waals surface area contributed by atoms with Gasteiger partial charge in [0, 0.05) is 37.7 Å². The van der Waals surface area contributed by atoms with E-state index < -0.39 is 35.3 Å². The predicted octanol–water partition coefficient (Wildman–Crippen LogP) is 9.75. The van der Waals surface area contributed by atoms with E-state index in [1.54, 1.807) is 47.4 Å². The molecule has 12 nitrogen and oxygen atoms in total. The van der Waals surface area contributed by atoms with E-state index in [-0.39, 0.29) is 63.0 Å². The minimum absolute atomic E-state index is 0.00347. The molecule has 6 rings (SSSR count). The van der Waals surface area contributed by atoms with Crippen LogP contribution in [-0.4, -0.2) is 90.1 Å². The Balaban J connectivity index is 1.62. The van der Waals surface area contributed by atoms with E-state index >= 15 is 0 Å². The average Bonchev–Trinajstić information content (AvgIpc) is 3.27. The Labute approximate surface area is 374 Å². The van der Waals surface area contributed by atoms with Gasteiger partial charge in [-0.1, -0.05) is 42.3 Å². The molecule has 0 saturated heterocycles. The number of nitrogens with zero attached hydrogens (tertiary/aromatic N) is 2. The summed E-state index contributed by atoms with van der Waals surface area (Å²) in [7, 11) is 1.50. The number of hydrogen-bond donors (Lipinski definition) is 2. The van der Waals surface area contributed by atoms with Crippen LogP contribution in [0.3, 0.4) is 0 Å². The van der Waals surface area contributed by atoms with Crippen LogP contribution in [0.5, 0.6) is 23.0 Å². The molecule has 6 atom stereocenters. The summed E-state index contributed by atoms with van der Waals surface area (Å²) in [4.78, 5) is 34.2. The molecule has 1 amide bonds. The van der Waals surface area contributed by atoms with Gasteiger partial charge in [0.05, 0.1) is 36.8 Å². The Morgan fingerprint density at radius 1 is 1.03 bits per heavy atom. The lowest BCUT2D eigenvalue weighted by Crippen LogP contribution is -2.70. The molecule has 0 radical (unpaired) electrons. The van der Waals surface area contributed by atoms with Gasteiger partial charge in [-0.15, -0.1) is 18.2 Å². The SMILES string of the molecule is C=CCOC12Oc3ccc(Oc4ccc(OC)c(C=O)c4)cc3C3C(CCCCO)C(CCCCO)C=C(C(=NOC(C)(C)C)CC1N(Cc1ccc(F)cc1)C(=O)OCCCl)C32. The number of oxime groups is 1. The van der Waals surface area contributed by atoms with Crippen molar-refractivity contribution in [1.29, 1.82) is 0 Å². The highest BCUT2D eigenvalue weighted by atomic mass is 35.5. The third-order valence-electron chi connectivity index (χ3n) is 11.8. The Morgan fingerprint density at radius 3 is 2.41 bits per heavy atom. The van der Waals surface area contributed by atoms with Gasteiger partial charge in [0.15, 0.2) is 6.29 Å². The highest BCUT2D eigenvalue weighted by Crippen LogP contribution is 2.62. The number of hydrogen-bond acceptors (Lipinski definition) is 11. The summed E-state index contributed by atoms with van der Waals surface area (Å²) in [5.41, 5.74) is 2.62. The first-order valence-electron chi connectivity index (χ1n) is 21.7. The monoisotopic (exact) mass is 890 g/mol. The number of allylic oxidation sites excluding steroid dienone is 1. The topological polar surface area (TPSA) is 146 Å². The Bertz CT molecular complexity index is 2110. The van der Waals surface area contributed by atoms with Gasteiger partial charge in [-0.3, -0.25) is 9.69 Å². The van der Waals surface area contributed by atoms with Crippen LogP contribution in [0.15, 0.2) is 90.1 Å². The Morgan fingerprint density at radius 2 is 1.75 bits per heavy atom. The van der Waals surface area contributed by atoms with Gasteiger partial charge >= 0.3 is 6.09 Å². The second kappa shape index (κ2) is 21.6. The number of fused-ring (bicyclic) bond motifs is 2. The van der Waals surface area contributed by atoms with Crippen molar-refractivity contribution >= 4 is 29.7 Å². The lowest BCUT2D eigenvalue weighted by molar-refractivity contribution is -0.256. The summed E-state index contributed by atoms with van der Waals surface area (Å²) in [5, 5.41) is 24.8. The molecule has 3 aromatic rings. The fourth-order valence-electron chi connectivity index (χ4n) is 9.21. The van der Waals surface area contributed by atoms with Crippen LogP contribution in [0.4, 0.5) is 9.18 Å². The van der Waals surface area contributed by atoms with Crippen molar-refractivity contribution in [3.8, 4) is 23.0 Å². The third kappa shape index (κ3) is 11.1. The van der Waals surface area contributed by atoms with Crippen molar-refractivity contribution in [3.05, 3.63) is 107 Å². The van der Waals surface area contributed by atoms with Gasteiger partial charge in [0.1, 0.15) is 47.1 Å². The van der Waals surface area contributed by atoms with Crippen LogP contribution < -0.4 is 14.2 Å². The van der Waals surface area contributed by atoms with Gasteiger partial charge in [-0.25, -0.2) is 9.18 Å². The largest absolute Gasteiger partial charge is 0.496 e. The molecule has 3 aromatic carbocycles. The fourth-order valence-corrected chi connectivity index (χ4v) is 9.28. The summed E-state index contributed by atoms with van der Waals surface area (Å²) in [6, 6.07) is 15.7. The van der Waals surface area contributed by atoms with Crippen molar-refractivity contribution in [2.75, 3.05) is 39.4 Å². The van der Waals surface area contributed by atoms with Crippen LogP contribution >= 0.6 is 11.6 Å². The maximum atomic E-state index is 14.5. The first kappa shape index (κ1) is 47.5. The van der Waals surface area contributed by atoms with Gasteiger partial charge in [-0.2, -0.15) is 0 Å². The number of halogens is 2. The molecule has 0 bridgehead atoms. The molecule has 1 aliphatic heterocycles. The second-order valence-corrected chi connectivity index (χ2v) is 17.5. The molecule has 6 unspecified atom stereocenters. The van der Waals surface area contributed by atoms with Crippen molar-refractivity contribution in [1.82, 2.24) is 4.90 Å². The molecule has 1 heterocycles. The van der Waals surface area contributed by atoms with Crippen LogP contribution in [0.25, 0.3) is 0 Å². The first-order chi connectivity index (χ1) is 30.4. The number of aliphatic hydroxyl groups is 2. The predicted molar refractivity (Wildman–Crippen MR) is 238 cm³/mol. The second-order valence-electron chi connectivity index (χ2n) is 17.2. The lowest BCUT2D eigenvalue weighted by atomic mass is 9.55. The number of rotatable bonds is 21. The molecule has 1 saturated carbocycles. The Hall–Kier alpha value is -4.95. The molecular formula is C49H60ClFN2O10. The van der Waals surface area contributed by atoms with E-state index in [0.29, 0.717) is 59.0 Å². The van der Waals surface area contributed by atoms with E-state index in [1.807, 2.05) is 32.9 Å². The number of unbranched alkanes of at least 4 members (excludes halogenated alkanes) is 2. The third-order valence-corrected chi connectivity index (χ3v) is 12.0. The van der Waals surface area contributed by atoms with Gasteiger partial charge in [-0.05, 0) is 118 Å². The van der Waals surface area contributed by atoms with Crippen LogP contribution in [0.1, 0.15) is 93.1 Å². The molecule has 2 N–H and O–H groups in total. The summed E-state index contributed by atoms with van der Waals surface area (Å²) >= 11 is 6.07. The number of amides is 1. The summed E-state index contributed by atoms with van der Waals surface area (Å²) in [5.74, 6) is -1.04. The number of aldehydes is 1. The number of benzene rings is 3. The van der Waals surface area contributed by atoms with Crippen LogP contribution in [0.2, 0.25) is 0 Å². The van der Waals surface area contributed by atoms with Crippen molar-refractivity contribution in [2.45, 2.75) is 95.6 Å². The molecule has 2 aliphatic carbocycles. The minimum atomic E-state index is -1.57. The van der Waals surface area contributed by atoms with E-state index in [0.717, 1.165) is 36.8 Å². The van der Waals surface area contributed by atoms with E-state index in [9.17, 15) is 24.2 Å². The van der Waals surface area contributed by atoms with Gasteiger partial charge in [0.25, 0.3) is 0 Å². The maximum Gasteiger partial charge on any atom is 0.410 e. The fraction of sp³-hybridized carbons (Fsp3) is 0.490.